The van der Waals surface area contributed by atoms with Crippen LogP contribution in [0.3, 0.4) is 0 Å². The van der Waals surface area contributed by atoms with Gasteiger partial charge in [-0.3, -0.25) is 0 Å². The monoisotopic (exact) mass is 160 g/mol. The smallest absolute Gasteiger partial charge is 0.197 e. The molecule has 0 aromatic heterocycles. The molecule has 0 spiro atoms. The number of hydrogen-bond acceptors (Lipinski definition) is 3. The maximum Gasteiger partial charge on any atom is 0.197 e. The van der Waals surface area contributed by atoms with Crippen LogP contribution >= 0.6 is 0 Å². The Bertz CT molecular complexity index is 367. The fraction of sp³-hybridized carbons (Fsp3) is 0.111. The molecule has 0 aliphatic carbocycles. The van der Waals surface area contributed by atoms with E-state index in [0.29, 0.717) is 5.82 Å². The van der Waals surface area contributed by atoms with Crippen LogP contribution in [-0.4, -0.2) is 13.0 Å². The molecular weight excluding hydrogens is 152 g/mol. The second-order valence-electron chi connectivity index (χ2n) is 2.65. The largest absolute Gasteiger partial charge is 0.331 e. The van der Waals surface area contributed by atoms with Crippen LogP contribution < -0.4 is 10.2 Å². The van der Waals surface area contributed by atoms with Gasteiger partial charge in [-0.1, -0.05) is 12.1 Å². The summed E-state index contributed by atoms with van der Waals surface area (Å²) in [6.07, 6.45) is 0. The van der Waals surface area contributed by atoms with E-state index in [9.17, 15) is 4.79 Å². The van der Waals surface area contributed by atoms with Crippen LogP contribution in [0.25, 0.3) is 0 Å². The zero-order valence-electron chi connectivity index (χ0n) is 6.66. The summed E-state index contributed by atoms with van der Waals surface area (Å²) in [7, 11) is 1.83. The summed E-state index contributed by atoms with van der Waals surface area (Å²) in [4.78, 5) is 12.2. The highest BCUT2D eigenvalue weighted by atomic mass is 16.1. The van der Waals surface area contributed by atoms with Crippen molar-refractivity contribution in [3.63, 3.8) is 0 Å². The van der Waals surface area contributed by atoms with Gasteiger partial charge in [0.05, 0.1) is 11.4 Å². The zero-order valence-corrected chi connectivity index (χ0v) is 6.66. The average Bonchev–Trinajstić information content (AvgIpc) is 2.44. The van der Waals surface area contributed by atoms with Crippen molar-refractivity contribution < 1.29 is 4.79 Å². The first-order valence-corrected chi connectivity index (χ1v) is 3.68. The van der Waals surface area contributed by atoms with Crippen molar-refractivity contribution in [1.82, 2.24) is 0 Å². The highest BCUT2D eigenvalue weighted by molar-refractivity contribution is 5.85. The molecule has 0 bridgehead atoms. The Hall–Kier alpha value is -1.73. The molecule has 1 heterocycles. The summed E-state index contributed by atoms with van der Waals surface area (Å²) < 4.78 is 0. The lowest BCUT2D eigenvalue weighted by Crippen LogP contribution is -2.14. The van der Waals surface area contributed by atoms with Gasteiger partial charge in [0.15, 0.2) is 11.8 Å². The summed E-state index contributed by atoms with van der Waals surface area (Å²) in [5.74, 6) is 2.31. The average molecular weight is 160 g/mol. The molecule has 3 nitrogen and oxygen atoms in total. The highest BCUT2D eigenvalue weighted by Gasteiger charge is 2.19. The van der Waals surface area contributed by atoms with E-state index in [1.165, 1.54) is 0 Å². The van der Waals surface area contributed by atoms with Crippen LogP contribution in [0, 0.1) is 0 Å². The normalized spacial score (nSPS) is 13.8. The Balaban J connectivity index is 2.56. The number of fused-ring (bicyclic) bond motifs is 1. The number of para-hydroxylation sites is 2. The fourth-order valence-corrected chi connectivity index (χ4v) is 1.30. The van der Waals surface area contributed by atoms with Crippen LogP contribution in [0.2, 0.25) is 0 Å². The van der Waals surface area contributed by atoms with Crippen molar-refractivity contribution in [1.29, 1.82) is 0 Å². The van der Waals surface area contributed by atoms with E-state index in [2.05, 4.69) is 5.32 Å². The van der Waals surface area contributed by atoms with Crippen LogP contribution in [-0.2, 0) is 4.79 Å². The number of nitrogens with one attached hydrogen (secondary N) is 1. The summed E-state index contributed by atoms with van der Waals surface area (Å²) in [6, 6.07) is 7.74. The maximum atomic E-state index is 10.4. The molecule has 60 valence electrons. The molecule has 1 N–H and O–H groups in total. The standard InChI is InChI=1S/C9H8N2O/c1-11-8-5-3-2-4-7(8)10-9(11)6-12/h2-5,10H,1H3. The van der Waals surface area contributed by atoms with Gasteiger partial charge in [-0.05, 0) is 12.1 Å². The third-order valence-corrected chi connectivity index (χ3v) is 1.95. The number of benzene rings is 1. The molecule has 1 aliphatic heterocycles. The van der Waals surface area contributed by atoms with E-state index in [-0.39, 0.29) is 0 Å². The molecule has 2 rings (SSSR count). The molecule has 0 saturated carbocycles. The number of nitrogens with zero attached hydrogens (tertiary/aromatic N) is 1. The minimum absolute atomic E-state index is 0.469. The first-order valence-electron chi connectivity index (χ1n) is 3.68. The van der Waals surface area contributed by atoms with E-state index < -0.39 is 0 Å². The van der Waals surface area contributed by atoms with Gasteiger partial charge >= 0.3 is 0 Å². The Morgan fingerprint density at radius 1 is 1.42 bits per heavy atom. The van der Waals surface area contributed by atoms with Gasteiger partial charge in [0.2, 0.25) is 0 Å². The zero-order chi connectivity index (χ0) is 8.55. The fourth-order valence-electron chi connectivity index (χ4n) is 1.30. The van der Waals surface area contributed by atoms with Crippen molar-refractivity contribution in [3.05, 3.63) is 30.1 Å². The van der Waals surface area contributed by atoms with Crippen molar-refractivity contribution in [2.24, 2.45) is 0 Å². The summed E-state index contributed by atoms with van der Waals surface area (Å²) in [5.41, 5.74) is 1.97. The van der Waals surface area contributed by atoms with Crippen LogP contribution in [0.4, 0.5) is 11.4 Å². The van der Waals surface area contributed by atoms with Crippen molar-refractivity contribution in [3.8, 4) is 0 Å². The van der Waals surface area contributed by atoms with E-state index in [4.69, 9.17) is 0 Å². The molecule has 1 aromatic rings. The molecule has 0 radical (unpaired) electrons. The Morgan fingerprint density at radius 3 is 2.83 bits per heavy atom. The van der Waals surface area contributed by atoms with Gasteiger partial charge in [0, 0.05) is 7.05 Å². The minimum atomic E-state index is 0.469. The van der Waals surface area contributed by atoms with E-state index in [1.807, 2.05) is 37.3 Å². The van der Waals surface area contributed by atoms with Crippen LogP contribution in [0.5, 0.6) is 0 Å². The highest BCUT2D eigenvalue weighted by Crippen LogP contribution is 2.33. The van der Waals surface area contributed by atoms with Crippen molar-refractivity contribution in [2.45, 2.75) is 0 Å². The van der Waals surface area contributed by atoms with Crippen molar-refractivity contribution in [2.75, 3.05) is 17.3 Å². The number of hydrogen-bond donors (Lipinski definition) is 1. The van der Waals surface area contributed by atoms with Crippen LogP contribution in [0.1, 0.15) is 0 Å². The Labute approximate surface area is 70.3 Å². The summed E-state index contributed by atoms with van der Waals surface area (Å²) >= 11 is 0. The number of carbonyl (C=O) groups excluding carboxylic acids is 1. The molecule has 0 fully saturated rings. The first-order chi connectivity index (χ1) is 5.83. The summed E-state index contributed by atoms with van der Waals surface area (Å²) in [5, 5.41) is 2.95. The Kier molecular flexibility index (Phi) is 1.39. The third-order valence-electron chi connectivity index (χ3n) is 1.95. The van der Waals surface area contributed by atoms with Crippen LogP contribution in [0.15, 0.2) is 30.1 Å². The van der Waals surface area contributed by atoms with Crippen molar-refractivity contribution >= 4 is 17.3 Å². The molecule has 0 saturated heterocycles. The van der Waals surface area contributed by atoms with Gasteiger partial charge in [-0.15, -0.1) is 0 Å². The molecule has 0 unspecified atom stereocenters. The first kappa shape index (κ1) is 6.95. The molecule has 1 aromatic carbocycles. The molecule has 0 atom stereocenters. The Morgan fingerprint density at radius 2 is 2.17 bits per heavy atom. The predicted molar refractivity (Wildman–Crippen MR) is 47.7 cm³/mol. The predicted octanol–water partition coefficient (Wildman–Crippen LogP) is 1.22. The maximum absolute atomic E-state index is 10.4. The quantitative estimate of drug-likeness (QED) is 0.579. The lowest BCUT2D eigenvalue weighted by atomic mass is 10.3. The van der Waals surface area contributed by atoms with E-state index >= 15 is 0 Å². The van der Waals surface area contributed by atoms with Gasteiger partial charge < -0.3 is 10.2 Å². The topological polar surface area (TPSA) is 32.3 Å². The molecular formula is C9H8N2O. The number of anilines is 2. The minimum Gasteiger partial charge on any atom is -0.331 e. The number of rotatable bonds is 0. The molecule has 3 heteroatoms. The van der Waals surface area contributed by atoms with E-state index in [0.717, 1.165) is 11.4 Å². The lowest BCUT2D eigenvalue weighted by molar-refractivity contribution is 0.567. The lowest BCUT2D eigenvalue weighted by Gasteiger charge is -2.08. The third kappa shape index (κ3) is 0.807. The van der Waals surface area contributed by atoms with Gasteiger partial charge in [-0.2, -0.15) is 0 Å². The molecule has 0 amide bonds. The van der Waals surface area contributed by atoms with Gasteiger partial charge in [-0.25, -0.2) is 4.79 Å². The van der Waals surface area contributed by atoms with Gasteiger partial charge in [0.25, 0.3) is 0 Å². The second-order valence-corrected chi connectivity index (χ2v) is 2.65. The van der Waals surface area contributed by atoms with E-state index in [1.54, 1.807) is 4.90 Å². The van der Waals surface area contributed by atoms with Gasteiger partial charge in [0.1, 0.15) is 0 Å². The molecule has 12 heavy (non-hydrogen) atoms. The summed E-state index contributed by atoms with van der Waals surface area (Å²) in [6.45, 7) is 0. The second kappa shape index (κ2) is 2.40. The SMILES string of the molecule is CN1C(=C=O)Nc2ccccc21. The molecule has 1 aliphatic rings.